The van der Waals surface area contributed by atoms with Crippen molar-refractivity contribution in [2.24, 2.45) is 13.0 Å². The number of carbonyl (C=O) groups excluding carboxylic acids is 2. The predicted molar refractivity (Wildman–Crippen MR) is 94.4 cm³/mol. The number of aromatic nitrogens is 2. The van der Waals surface area contributed by atoms with Crippen molar-refractivity contribution in [1.82, 2.24) is 19.6 Å². The summed E-state index contributed by atoms with van der Waals surface area (Å²) in [5, 5.41) is 4.30. The molecule has 2 fully saturated rings. The van der Waals surface area contributed by atoms with Crippen LogP contribution in [0.5, 0.6) is 0 Å². The van der Waals surface area contributed by atoms with E-state index in [2.05, 4.69) is 5.10 Å². The van der Waals surface area contributed by atoms with Gasteiger partial charge in [-0.25, -0.2) is 0 Å². The minimum Gasteiger partial charge on any atom is -0.374 e. The smallest absolute Gasteiger partial charge is 0.248 e. The number of aryl methyl sites for hydroxylation is 1. The van der Waals surface area contributed by atoms with Gasteiger partial charge in [0.15, 0.2) is 0 Å². The Morgan fingerprint density at radius 3 is 2.88 bits per heavy atom. The second kappa shape index (κ2) is 8.18. The third kappa shape index (κ3) is 4.42. The van der Waals surface area contributed by atoms with E-state index in [0.717, 1.165) is 18.5 Å². The Hall–Kier alpha value is -1.93. The molecule has 1 saturated heterocycles. The van der Waals surface area contributed by atoms with E-state index in [0.29, 0.717) is 32.1 Å². The van der Waals surface area contributed by atoms with Crippen LogP contribution in [0.25, 0.3) is 0 Å². The van der Waals surface area contributed by atoms with Crippen LogP contribution in [0.15, 0.2) is 12.3 Å². The summed E-state index contributed by atoms with van der Waals surface area (Å²) in [5.41, 5.74) is 0.792. The van der Waals surface area contributed by atoms with E-state index >= 15 is 0 Å². The average Bonchev–Trinajstić information content (AvgIpc) is 3.19. The van der Waals surface area contributed by atoms with Gasteiger partial charge in [-0.2, -0.15) is 5.10 Å². The van der Waals surface area contributed by atoms with E-state index in [-0.39, 0.29) is 30.6 Å². The number of hydrogen-bond donors (Lipinski definition) is 0. The van der Waals surface area contributed by atoms with Crippen molar-refractivity contribution in [3.05, 3.63) is 18.0 Å². The maximum absolute atomic E-state index is 12.7. The first-order valence-electron chi connectivity index (χ1n) is 9.11. The van der Waals surface area contributed by atoms with Crippen LogP contribution in [-0.2, 0) is 32.5 Å². The zero-order chi connectivity index (χ0) is 18.7. The van der Waals surface area contributed by atoms with Gasteiger partial charge in [0.25, 0.3) is 0 Å². The Kier molecular flexibility index (Phi) is 5.93. The molecule has 0 radical (unpaired) electrons. The Balaban J connectivity index is 1.52. The molecule has 0 bridgehead atoms. The van der Waals surface area contributed by atoms with Crippen LogP contribution in [0.2, 0.25) is 0 Å². The fraction of sp³-hybridized carbons (Fsp3) is 0.722. The van der Waals surface area contributed by atoms with Gasteiger partial charge in [0.1, 0.15) is 6.61 Å². The summed E-state index contributed by atoms with van der Waals surface area (Å²) in [6.45, 7) is 1.82. The van der Waals surface area contributed by atoms with E-state index in [4.69, 9.17) is 9.47 Å². The van der Waals surface area contributed by atoms with Crippen molar-refractivity contribution in [2.75, 3.05) is 40.5 Å². The number of likely N-dealkylation sites (N-methyl/N-ethyl adjacent to an activating group) is 1. The summed E-state index contributed by atoms with van der Waals surface area (Å²) >= 11 is 0. The van der Waals surface area contributed by atoms with Gasteiger partial charge in [-0.05, 0) is 24.8 Å². The van der Waals surface area contributed by atoms with Crippen molar-refractivity contribution in [3.8, 4) is 0 Å². The monoisotopic (exact) mass is 364 g/mol. The van der Waals surface area contributed by atoms with Crippen molar-refractivity contribution in [2.45, 2.75) is 31.4 Å². The van der Waals surface area contributed by atoms with Crippen LogP contribution in [0.1, 0.15) is 18.5 Å². The van der Waals surface area contributed by atoms with Crippen molar-refractivity contribution < 1.29 is 19.1 Å². The highest BCUT2D eigenvalue weighted by molar-refractivity contribution is 5.79. The number of fused-ring (bicyclic) bond motifs is 1. The summed E-state index contributed by atoms with van der Waals surface area (Å²) in [7, 11) is 5.28. The first-order valence-corrected chi connectivity index (χ1v) is 9.11. The quantitative estimate of drug-likeness (QED) is 0.714. The van der Waals surface area contributed by atoms with Crippen LogP contribution in [0, 0.1) is 5.92 Å². The Morgan fingerprint density at radius 2 is 2.19 bits per heavy atom. The lowest BCUT2D eigenvalue weighted by molar-refractivity contribution is -0.143. The summed E-state index contributed by atoms with van der Waals surface area (Å²) in [5.74, 6) is 0.374. The summed E-state index contributed by atoms with van der Waals surface area (Å²) in [6, 6.07) is 1.97. The van der Waals surface area contributed by atoms with Gasteiger partial charge in [0.05, 0.1) is 37.5 Å². The van der Waals surface area contributed by atoms with E-state index in [9.17, 15) is 9.59 Å². The molecule has 1 aliphatic carbocycles. The molecule has 26 heavy (non-hydrogen) atoms. The lowest BCUT2D eigenvalue weighted by Crippen LogP contribution is -2.51. The van der Waals surface area contributed by atoms with Gasteiger partial charge in [-0.1, -0.05) is 0 Å². The van der Waals surface area contributed by atoms with Crippen LogP contribution >= 0.6 is 0 Å². The van der Waals surface area contributed by atoms with Crippen LogP contribution in [-0.4, -0.2) is 84.0 Å². The van der Waals surface area contributed by atoms with Crippen LogP contribution in [0.3, 0.4) is 0 Å². The van der Waals surface area contributed by atoms with E-state index < -0.39 is 0 Å². The third-order valence-electron chi connectivity index (χ3n) is 5.13. The van der Waals surface area contributed by atoms with Gasteiger partial charge in [-0.3, -0.25) is 14.3 Å². The minimum absolute atomic E-state index is 0.0381. The molecule has 0 unspecified atom stereocenters. The fourth-order valence-electron chi connectivity index (χ4n) is 3.75. The molecular weight excluding hydrogens is 336 g/mol. The number of morpholine rings is 1. The molecule has 8 heteroatoms. The maximum atomic E-state index is 12.7. The summed E-state index contributed by atoms with van der Waals surface area (Å²) in [4.78, 5) is 27.8. The number of carbonyl (C=O) groups is 2. The van der Waals surface area contributed by atoms with Crippen LogP contribution < -0.4 is 0 Å². The molecule has 8 nitrogen and oxygen atoms in total. The highest BCUT2D eigenvalue weighted by Gasteiger charge is 2.42. The predicted octanol–water partition coefficient (Wildman–Crippen LogP) is 0.0734. The Morgan fingerprint density at radius 1 is 1.38 bits per heavy atom. The lowest BCUT2D eigenvalue weighted by Gasteiger charge is -2.37. The molecular formula is C18H28N4O4. The van der Waals surface area contributed by atoms with Gasteiger partial charge >= 0.3 is 0 Å². The number of amides is 2. The van der Waals surface area contributed by atoms with Crippen molar-refractivity contribution >= 4 is 11.8 Å². The van der Waals surface area contributed by atoms with Gasteiger partial charge in [-0.15, -0.1) is 0 Å². The van der Waals surface area contributed by atoms with Crippen molar-refractivity contribution in [3.63, 3.8) is 0 Å². The van der Waals surface area contributed by atoms with E-state index in [1.807, 2.05) is 24.2 Å². The molecule has 0 N–H and O–H groups in total. The maximum Gasteiger partial charge on any atom is 0.248 e. The molecule has 1 aromatic rings. The molecule has 3 rings (SSSR count). The van der Waals surface area contributed by atoms with Crippen molar-refractivity contribution in [1.29, 1.82) is 0 Å². The highest BCUT2D eigenvalue weighted by atomic mass is 16.5. The summed E-state index contributed by atoms with van der Waals surface area (Å²) < 4.78 is 13.2. The zero-order valence-electron chi connectivity index (χ0n) is 15.8. The topological polar surface area (TPSA) is 76.9 Å². The molecule has 1 saturated carbocycles. The first-order chi connectivity index (χ1) is 12.4. The second-order valence-corrected chi connectivity index (χ2v) is 7.36. The minimum atomic E-state index is -0.0381. The Labute approximate surface area is 154 Å². The van der Waals surface area contributed by atoms with E-state index in [1.165, 1.54) is 4.90 Å². The molecule has 3 atom stereocenters. The van der Waals surface area contributed by atoms with Gasteiger partial charge in [0.2, 0.25) is 11.8 Å². The molecule has 0 aromatic carbocycles. The molecule has 0 spiro atoms. The van der Waals surface area contributed by atoms with Gasteiger partial charge in [0, 0.05) is 33.9 Å². The molecule has 1 aliphatic heterocycles. The second-order valence-electron chi connectivity index (χ2n) is 7.36. The van der Waals surface area contributed by atoms with Gasteiger partial charge < -0.3 is 19.3 Å². The van der Waals surface area contributed by atoms with E-state index in [1.54, 1.807) is 18.8 Å². The Bertz CT molecular complexity index is 645. The summed E-state index contributed by atoms with van der Waals surface area (Å²) in [6.07, 6.45) is 3.96. The number of hydrogen-bond acceptors (Lipinski definition) is 5. The standard InChI is InChI=1S/C18H28N4O4/c1-20(2)18(24)12-25-11-13-8-15-16(9-13)26-7-6-22(15)17(23)10-14-4-5-21(3)19-14/h4-5,13,15-16H,6-12H2,1-3H3/t13-,15+,16-/m0/s1. The number of rotatable bonds is 6. The number of nitrogens with zero attached hydrogens (tertiary/aromatic N) is 4. The largest absolute Gasteiger partial charge is 0.374 e. The first kappa shape index (κ1) is 18.8. The molecule has 2 aliphatic rings. The highest BCUT2D eigenvalue weighted by Crippen LogP contribution is 2.34. The fourth-order valence-corrected chi connectivity index (χ4v) is 3.75. The lowest BCUT2D eigenvalue weighted by atomic mass is 10.1. The molecule has 2 amide bonds. The average molecular weight is 364 g/mol. The normalized spacial score (nSPS) is 25.2. The third-order valence-corrected chi connectivity index (χ3v) is 5.13. The SMILES string of the molecule is CN(C)C(=O)COC[C@@H]1C[C@@H]2OCCN(C(=O)Cc3ccn(C)n3)[C@@H]2C1. The molecule has 1 aromatic heterocycles. The zero-order valence-corrected chi connectivity index (χ0v) is 15.8. The number of ether oxygens (including phenoxy) is 2. The molecule has 144 valence electrons. The van der Waals surface area contributed by atoms with Crippen LogP contribution in [0.4, 0.5) is 0 Å². The molecule has 2 heterocycles.